The zero-order chi connectivity index (χ0) is 25.4. The first-order valence-corrected chi connectivity index (χ1v) is 16.3. The number of halogens is 1. The van der Waals surface area contributed by atoms with E-state index >= 15 is 0 Å². The molecule has 204 valence electrons. The number of unbranched alkanes of at least 4 members (excludes halogenated alkanes) is 5. The normalized spacial score (nSPS) is 15.8. The molecule has 0 spiro atoms. The van der Waals surface area contributed by atoms with E-state index in [-0.39, 0.29) is 30.3 Å². The number of benzene rings is 3. The molecule has 1 unspecified atom stereocenters. The second-order valence-electron chi connectivity index (χ2n) is 10.0. The van der Waals surface area contributed by atoms with Gasteiger partial charge in [-0.15, -0.1) is 0 Å². The predicted molar refractivity (Wildman–Crippen MR) is 161 cm³/mol. The van der Waals surface area contributed by atoms with Crippen molar-refractivity contribution in [1.29, 1.82) is 0 Å². The maximum absolute atomic E-state index is 5.84. The summed E-state index contributed by atoms with van der Waals surface area (Å²) in [6.07, 6.45) is 18.0. The Labute approximate surface area is 248 Å². The number of hydrogen-bond acceptors (Lipinski definition) is 2. The minimum Gasteiger partial charge on any atom is -1.00 e. The van der Waals surface area contributed by atoms with E-state index in [2.05, 4.69) is 103 Å². The van der Waals surface area contributed by atoms with Gasteiger partial charge in [-0.3, -0.25) is 0 Å². The Kier molecular flexibility index (Phi) is 14.6. The second-order valence-corrected chi connectivity index (χ2v) is 13.6. The van der Waals surface area contributed by atoms with Crippen LogP contribution in [0.2, 0.25) is 0 Å². The van der Waals surface area contributed by atoms with Crippen molar-refractivity contribution < 1.29 is 33.5 Å². The van der Waals surface area contributed by atoms with Crippen molar-refractivity contribution in [3.63, 3.8) is 0 Å². The fraction of sp³-hybridized carbons (Fsp3) is 0.412. The van der Waals surface area contributed by atoms with Gasteiger partial charge in [0.25, 0.3) is 0 Å². The summed E-state index contributed by atoms with van der Waals surface area (Å²) < 4.78 is 11.5. The second kappa shape index (κ2) is 17.9. The quantitative estimate of drug-likeness (QED) is 0.103. The van der Waals surface area contributed by atoms with Gasteiger partial charge in [-0.1, -0.05) is 79.6 Å². The number of hydrogen-bond donors (Lipinski definition) is 0. The van der Waals surface area contributed by atoms with Gasteiger partial charge in [0.1, 0.15) is 23.2 Å². The highest BCUT2D eigenvalue weighted by Gasteiger charge is 2.44. The van der Waals surface area contributed by atoms with Crippen molar-refractivity contribution in [2.45, 2.75) is 70.5 Å². The first-order chi connectivity index (χ1) is 18.4. The summed E-state index contributed by atoms with van der Waals surface area (Å²) in [5.41, 5.74) is 0. The molecule has 4 rings (SSSR count). The Morgan fingerprint density at radius 1 is 0.658 bits per heavy atom. The fourth-order valence-electron chi connectivity index (χ4n) is 5.34. The van der Waals surface area contributed by atoms with Crippen LogP contribution in [0.15, 0.2) is 103 Å². The molecule has 1 saturated heterocycles. The Balaban J connectivity index is 0.00000400. The van der Waals surface area contributed by atoms with Crippen molar-refractivity contribution in [2.75, 3.05) is 19.4 Å². The molecule has 0 aliphatic carbocycles. The Bertz CT molecular complexity index is 923. The predicted octanol–water partition coefficient (Wildman–Crippen LogP) is 4.81. The Morgan fingerprint density at radius 3 is 1.71 bits per heavy atom. The standard InChI is InChI=1S/C34H44O2P.HI/c1(2-4-6-18-28-35-34-27-17-19-29-36-34)3-5-7-20-30-37(31-21-11-8-12-22-31,32-23-13-9-14-24-32)33-25-15-10-16-26-33;/h3,5,8-16,21-26,34H,1-2,4,6-7,17-20,27-30H2;1H/q+1;/p-1. The lowest BCUT2D eigenvalue weighted by atomic mass is 10.1. The fourth-order valence-corrected chi connectivity index (χ4v) is 9.71. The van der Waals surface area contributed by atoms with Crippen molar-refractivity contribution in [3.8, 4) is 0 Å². The molecule has 1 aliphatic heterocycles. The van der Waals surface area contributed by atoms with E-state index in [1.165, 1.54) is 67.0 Å². The van der Waals surface area contributed by atoms with Crippen LogP contribution < -0.4 is 39.9 Å². The minimum absolute atomic E-state index is 0. The molecule has 0 saturated carbocycles. The largest absolute Gasteiger partial charge is 1.00 e. The summed E-state index contributed by atoms with van der Waals surface area (Å²) in [5, 5.41) is 4.45. The summed E-state index contributed by atoms with van der Waals surface area (Å²) in [7, 11) is -1.70. The summed E-state index contributed by atoms with van der Waals surface area (Å²) in [5.74, 6) is 0. The van der Waals surface area contributed by atoms with Crippen molar-refractivity contribution in [2.24, 2.45) is 0 Å². The Morgan fingerprint density at radius 2 is 1.18 bits per heavy atom. The SMILES string of the molecule is C(=CCCC[P+](c1ccccc1)(c1ccccc1)c1ccccc1)CCCCCCOC1CCCCO1.[I-]. The van der Waals surface area contributed by atoms with E-state index in [1.54, 1.807) is 0 Å². The van der Waals surface area contributed by atoms with Crippen LogP contribution in [0.1, 0.15) is 64.2 Å². The average molecular weight is 643 g/mol. The topological polar surface area (TPSA) is 18.5 Å². The molecule has 2 nitrogen and oxygen atoms in total. The third-order valence-electron chi connectivity index (χ3n) is 7.33. The van der Waals surface area contributed by atoms with Gasteiger partial charge in [0.05, 0.1) is 6.16 Å². The van der Waals surface area contributed by atoms with E-state index in [9.17, 15) is 0 Å². The monoisotopic (exact) mass is 642 g/mol. The van der Waals surface area contributed by atoms with Gasteiger partial charge in [0.15, 0.2) is 6.29 Å². The molecule has 1 atom stereocenters. The molecule has 4 heteroatoms. The molecule has 0 radical (unpaired) electrons. The van der Waals surface area contributed by atoms with Crippen LogP contribution in [-0.4, -0.2) is 25.7 Å². The van der Waals surface area contributed by atoms with Gasteiger partial charge in [0.2, 0.25) is 0 Å². The van der Waals surface area contributed by atoms with Gasteiger partial charge in [-0.05, 0) is 87.8 Å². The van der Waals surface area contributed by atoms with E-state index in [0.29, 0.717) is 0 Å². The smallest absolute Gasteiger partial charge is 0.157 e. The van der Waals surface area contributed by atoms with Gasteiger partial charge in [-0.2, -0.15) is 0 Å². The molecule has 0 amide bonds. The first kappa shape index (κ1) is 31.0. The molecule has 0 aromatic heterocycles. The maximum atomic E-state index is 5.84. The van der Waals surface area contributed by atoms with Gasteiger partial charge < -0.3 is 33.5 Å². The van der Waals surface area contributed by atoms with Crippen LogP contribution in [0.5, 0.6) is 0 Å². The van der Waals surface area contributed by atoms with Crippen molar-refractivity contribution in [3.05, 3.63) is 103 Å². The van der Waals surface area contributed by atoms with Crippen LogP contribution in [0.4, 0.5) is 0 Å². The lowest BCUT2D eigenvalue weighted by Crippen LogP contribution is -3.00. The zero-order valence-electron chi connectivity index (χ0n) is 22.7. The van der Waals surface area contributed by atoms with Crippen molar-refractivity contribution >= 4 is 23.2 Å². The highest BCUT2D eigenvalue weighted by atomic mass is 127. The number of ether oxygens (including phenoxy) is 2. The molecule has 1 aliphatic rings. The summed E-state index contributed by atoms with van der Waals surface area (Å²) in [6, 6.07) is 33.7. The van der Waals surface area contributed by atoms with Crippen LogP contribution in [-0.2, 0) is 9.47 Å². The molecule has 1 heterocycles. The summed E-state index contributed by atoms with van der Waals surface area (Å²) in [6.45, 7) is 1.71. The van der Waals surface area contributed by atoms with E-state index in [0.717, 1.165) is 32.5 Å². The number of allylic oxidation sites excluding steroid dienone is 2. The maximum Gasteiger partial charge on any atom is 0.157 e. The summed E-state index contributed by atoms with van der Waals surface area (Å²) >= 11 is 0. The molecule has 38 heavy (non-hydrogen) atoms. The third kappa shape index (κ3) is 9.30. The molecule has 0 bridgehead atoms. The highest BCUT2D eigenvalue weighted by molar-refractivity contribution is 7.95. The highest BCUT2D eigenvalue weighted by Crippen LogP contribution is 2.55. The van der Waals surface area contributed by atoms with Crippen LogP contribution in [0.25, 0.3) is 0 Å². The zero-order valence-corrected chi connectivity index (χ0v) is 25.8. The molecule has 0 N–H and O–H groups in total. The van der Waals surface area contributed by atoms with E-state index in [4.69, 9.17) is 9.47 Å². The molecule has 1 fully saturated rings. The van der Waals surface area contributed by atoms with Gasteiger partial charge in [-0.25, -0.2) is 0 Å². The van der Waals surface area contributed by atoms with E-state index in [1.807, 2.05) is 0 Å². The Hall–Kier alpha value is -1.52. The third-order valence-corrected chi connectivity index (χ3v) is 11.9. The molecular formula is C34H44IO2P. The lowest BCUT2D eigenvalue weighted by Gasteiger charge is -2.27. The molecule has 3 aromatic rings. The van der Waals surface area contributed by atoms with Gasteiger partial charge in [0, 0.05) is 13.2 Å². The summed E-state index contributed by atoms with van der Waals surface area (Å²) in [4.78, 5) is 0. The minimum atomic E-state index is -1.70. The van der Waals surface area contributed by atoms with E-state index < -0.39 is 7.26 Å². The molecular weight excluding hydrogens is 598 g/mol. The molecule has 3 aromatic carbocycles. The van der Waals surface area contributed by atoms with Gasteiger partial charge >= 0.3 is 0 Å². The number of rotatable bonds is 15. The first-order valence-electron chi connectivity index (χ1n) is 14.3. The average Bonchev–Trinajstić information content (AvgIpc) is 2.98. The van der Waals surface area contributed by atoms with Crippen LogP contribution in [0.3, 0.4) is 0 Å². The lowest BCUT2D eigenvalue weighted by molar-refractivity contribution is -0.162. The van der Waals surface area contributed by atoms with Crippen LogP contribution in [0, 0.1) is 0 Å². The van der Waals surface area contributed by atoms with Crippen molar-refractivity contribution in [1.82, 2.24) is 0 Å². The van der Waals surface area contributed by atoms with Crippen LogP contribution >= 0.6 is 7.26 Å².